The van der Waals surface area contributed by atoms with E-state index < -0.39 is 0 Å². The highest BCUT2D eigenvalue weighted by molar-refractivity contribution is 7.94. The molecule has 25 heavy (non-hydrogen) atoms. The molecule has 0 spiro atoms. The molecule has 8 heteroatoms. The predicted molar refractivity (Wildman–Crippen MR) is 96.3 cm³/mol. The van der Waals surface area contributed by atoms with Gasteiger partial charge < -0.3 is 14.6 Å². The average Bonchev–Trinajstić information content (AvgIpc) is 3.15. The van der Waals surface area contributed by atoms with Crippen molar-refractivity contribution >= 4 is 28.8 Å². The van der Waals surface area contributed by atoms with E-state index in [1.807, 2.05) is 24.4 Å². The second-order valence-electron chi connectivity index (χ2n) is 5.56. The summed E-state index contributed by atoms with van der Waals surface area (Å²) in [5.41, 5.74) is 2.98. The molecule has 0 bridgehead atoms. The lowest BCUT2D eigenvalue weighted by molar-refractivity contribution is -0.160. The Labute approximate surface area is 149 Å². The molecule has 0 radical (unpaired) electrons. The number of H-pyrrole nitrogens is 1. The summed E-state index contributed by atoms with van der Waals surface area (Å²) in [6.07, 6.45) is 1.93. The fourth-order valence-corrected chi connectivity index (χ4v) is 3.31. The first kappa shape index (κ1) is 16.3. The van der Waals surface area contributed by atoms with Crippen LogP contribution >= 0.6 is 12.0 Å². The quantitative estimate of drug-likeness (QED) is 0.325. The minimum atomic E-state index is 0.508. The van der Waals surface area contributed by atoms with E-state index in [1.54, 1.807) is 0 Å². The first-order chi connectivity index (χ1) is 12.3. The smallest absolute Gasteiger partial charge is 0.220 e. The van der Waals surface area contributed by atoms with Crippen molar-refractivity contribution in [3.63, 3.8) is 0 Å². The first-order valence-corrected chi connectivity index (χ1v) is 8.75. The number of nitrogens with zero attached hydrogens (tertiary/aromatic N) is 3. The van der Waals surface area contributed by atoms with Gasteiger partial charge in [0.05, 0.1) is 26.0 Å². The summed E-state index contributed by atoms with van der Waals surface area (Å²) in [4.78, 5) is 19.4. The van der Waals surface area contributed by atoms with Gasteiger partial charge in [0, 0.05) is 41.8 Å². The van der Waals surface area contributed by atoms with Gasteiger partial charge in [-0.1, -0.05) is 12.1 Å². The van der Waals surface area contributed by atoms with Gasteiger partial charge in [0.1, 0.15) is 17.9 Å². The lowest BCUT2D eigenvalue weighted by Crippen LogP contribution is -2.36. The van der Waals surface area contributed by atoms with Gasteiger partial charge in [-0.25, -0.2) is 14.9 Å². The minimum absolute atomic E-state index is 0.508. The molecule has 3 aromatic rings. The summed E-state index contributed by atoms with van der Waals surface area (Å²) in [5.74, 6) is 0.864. The molecule has 0 aliphatic carbocycles. The van der Waals surface area contributed by atoms with Crippen LogP contribution in [-0.2, 0) is 14.0 Å². The highest BCUT2D eigenvalue weighted by Gasteiger charge is 2.17. The number of fused-ring (bicyclic) bond motifs is 1. The van der Waals surface area contributed by atoms with Gasteiger partial charge in [-0.15, -0.1) is 0 Å². The number of ether oxygens (including phenoxy) is 1. The van der Waals surface area contributed by atoms with Gasteiger partial charge in [0.2, 0.25) is 5.16 Å². The summed E-state index contributed by atoms with van der Waals surface area (Å²) in [7, 11) is 1.46. The number of morpholine rings is 1. The van der Waals surface area contributed by atoms with Crippen molar-refractivity contribution in [2.75, 3.05) is 38.3 Å². The number of nitrogens with one attached hydrogen (secondary N) is 1. The minimum Gasteiger partial charge on any atom is -0.378 e. The van der Waals surface area contributed by atoms with E-state index in [9.17, 15) is 0 Å². The second kappa shape index (κ2) is 7.40. The van der Waals surface area contributed by atoms with Crippen LogP contribution in [0.2, 0.25) is 0 Å². The van der Waals surface area contributed by atoms with E-state index in [-0.39, 0.29) is 0 Å². The van der Waals surface area contributed by atoms with Gasteiger partial charge in [-0.2, -0.15) is 4.33 Å². The Morgan fingerprint density at radius 1 is 1.20 bits per heavy atom. The number of aromatic amines is 1. The van der Waals surface area contributed by atoms with E-state index in [0.29, 0.717) is 18.4 Å². The van der Waals surface area contributed by atoms with Crippen molar-refractivity contribution in [3.8, 4) is 11.3 Å². The highest BCUT2D eigenvalue weighted by Crippen LogP contribution is 2.31. The SMILES string of the molecule is COOSc1nc(-c2cccc3[nH]ccc23)cc(N2CCOCC2)n1. The maximum absolute atomic E-state index is 5.44. The van der Waals surface area contributed by atoms with Crippen LogP contribution in [0.3, 0.4) is 0 Å². The fourth-order valence-electron chi connectivity index (χ4n) is 2.92. The average molecular weight is 358 g/mol. The predicted octanol–water partition coefficient (Wildman–Crippen LogP) is 3.05. The molecule has 0 atom stereocenters. The molecule has 1 N–H and O–H groups in total. The normalized spacial score (nSPS) is 15.0. The molecule has 0 saturated carbocycles. The Morgan fingerprint density at radius 3 is 2.92 bits per heavy atom. The molecule has 1 aliphatic rings. The van der Waals surface area contributed by atoms with Crippen molar-refractivity contribution in [2.45, 2.75) is 5.16 Å². The molecule has 1 aliphatic heterocycles. The molecule has 4 rings (SSSR count). The zero-order valence-electron chi connectivity index (χ0n) is 13.8. The van der Waals surface area contributed by atoms with E-state index in [2.05, 4.69) is 36.9 Å². The first-order valence-electron chi connectivity index (χ1n) is 8.01. The summed E-state index contributed by atoms with van der Waals surface area (Å²) in [6, 6.07) is 10.2. The zero-order valence-corrected chi connectivity index (χ0v) is 14.6. The molecule has 1 fully saturated rings. The van der Waals surface area contributed by atoms with Crippen molar-refractivity contribution < 1.29 is 14.0 Å². The monoisotopic (exact) mass is 358 g/mol. The van der Waals surface area contributed by atoms with Crippen molar-refractivity contribution in [3.05, 3.63) is 36.5 Å². The van der Waals surface area contributed by atoms with Gasteiger partial charge >= 0.3 is 0 Å². The molecule has 0 amide bonds. The largest absolute Gasteiger partial charge is 0.378 e. The standard InChI is InChI=1S/C17H18N4O3S/c1-22-24-25-17-19-15(11-16(20-17)21-7-9-23-10-8-21)12-3-2-4-14-13(12)5-6-18-14/h2-6,11,18H,7-10H2,1H3. The van der Waals surface area contributed by atoms with Crippen molar-refractivity contribution in [1.82, 2.24) is 15.0 Å². The molecule has 3 heterocycles. The van der Waals surface area contributed by atoms with Gasteiger partial charge in [0.15, 0.2) is 0 Å². The maximum atomic E-state index is 5.44. The van der Waals surface area contributed by atoms with Crippen molar-refractivity contribution in [1.29, 1.82) is 0 Å². The molecule has 2 aromatic heterocycles. The molecule has 1 saturated heterocycles. The lowest BCUT2D eigenvalue weighted by atomic mass is 10.1. The summed E-state index contributed by atoms with van der Waals surface area (Å²) in [6.45, 7) is 3.01. The fraction of sp³-hybridized carbons (Fsp3) is 0.294. The van der Waals surface area contributed by atoms with Crippen LogP contribution < -0.4 is 4.90 Å². The Morgan fingerprint density at radius 2 is 2.08 bits per heavy atom. The van der Waals surface area contributed by atoms with Crippen LogP contribution in [0.4, 0.5) is 5.82 Å². The molecule has 0 unspecified atom stereocenters. The number of hydrogen-bond donors (Lipinski definition) is 1. The molecule has 1 aromatic carbocycles. The van der Waals surface area contributed by atoms with Gasteiger partial charge in [-0.3, -0.25) is 0 Å². The molecule has 130 valence electrons. The second-order valence-corrected chi connectivity index (χ2v) is 6.22. The zero-order chi connectivity index (χ0) is 17.1. The van der Waals surface area contributed by atoms with Gasteiger partial charge in [0.25, 0.3) is 0 Å². The summed E-state index contributed by atoms with van der Waals surface area (Å²) >= 11 is 1.00. The Hall–Kier alpha value is -2.13. The van der Waals surface area contributed by atoms with E-state index in [0.717, 1.165) is 53.1 Å². The number of benzene rings is 1. The third-order valence-electron chi connectivity index (χ3n) is 4.07. The highest BCUT2D eigenvalue weighted by atomic mass is 32.2. The van der Waals surface area contributed by atoms with Crippen LogP contribution in [-0.4, -0.2) is 48.4 Å². The van der Waals surface area contributed by atoms with Crippen molar-refractivity contribution in [2.24, 2.45) is 0 Å². The number of rotatable bonds is 5. The third-order valence-corrected chi connectivity index (χ3v) is 4.61. The van der Waals surface area contributed by atoms with E-state index in [4.69, 9.17) is 9.07 Å². The van der Waals surface area contributed by atoms with E-state index >= 15 is 0 Å². The number of hydrogen-bond acceptors (Lipinski definition) is 7. The molecular weight excluding hydrogens is 340 g/mol. The Kier molecular flexibility index (Phi) is 4.84. The van der Waals surface area contributed by atoms with Crippen LogP contribution in [0, 0.1) is 0 Å². The lowest BCUT2D eigenvalue weighted by Gasteiger charge is -2.28. The van der Waals surface area contributed by atoms with Crippen LogP contribution in [0.5, 0.6) is 0 Å². The maximum Gasteiger partial charge on any atom is 0.220 e. The Balaban J connectivity index is 1.78. The molecular formula is C17H18N4O3S. The Bertz CT molecular complexity index is 864. The third kappa shape index (κ3) is 3.47. The van der Waals surface area contributed by atoms with Crippen LogP contribution in [0.1, 0.15) is 0 Å². The molecule has 7 nitrogen and oxygen atoms in total. The van der Waals surface area contributed by atoms with Crippen LogP contribution in [0.25, 0.3) is 22.2 Å². The van der Waals surface area contributed by atoms with E-state index in [1.165, 1.54) is 7.11 Å². The number of aromatic nitrogens is 3. The van der Waals surface area contributed by atoms with Gasteiger partial charge in [-0.05, 0) is 12.1 Å². The number of anilines is 1. The topological polar surface area (TPSA) is 72.5 Å². The van der Waals surface area contributed by atoms with Crippen LogP contribution in [0.15, 0.2) is 41.7 Å². The summed E-state index contributed by atoms with van der Waals surface area (Å²) in [5, 5.41) is 1.63. The summed E-state index contributed by atoms with van der Waals surface area (Å²) < 4.78 is 10.4.